The van der Waals surface area contributed by atoms with Gasteiger partial charge in [-0.15, -0.1) is 0 Å². The summed E-state index contributed by atoms with van der Waals surface area (Å²) >= 11 is 0. The first-order chi connectivity index (χ1) is 7.54. The molecule has 1 rings (SSSR count). The van der Waals surface area contributed by atoms with Gasteiger partial charge in [0.15, 0.2) is 0 Å². The largest absolute Gasteiger partial charge is 0.328 e. The Labute approximate surface area is 91.2 Å². The molecule has 7 heteroatoms. The number of aromatic amines is 1. The van der Waals surface area contributed by atoms with Gasteiger partial charge in [0.05, 0.1) is 7.11 Å². The van der Waals surface area contributed by atoms with Crippen LogP contribution >= 0.6 is 0 Å². The van der Waals surface area contributed by atoms with Crippen LogP contribution in [0.2, 0.25) is 0 Å². The smallest absolute Gasteiger partial charge is 0.300 e. The summed E-state index contributed by atoms with van der Waals surface area (Å²) < 4.78 is 1.25. The molecule has 16 heavy (non-hydrogen) atoms. The maximum atomic E-state index is 11.3. The number of hydrogen-bond donors (Lipinski definition) is 1. The molecule has 0 saturated carbocycles. The van der Waals surface area contributed by atoms with Crippen LogP contribution in [0.4, 0.5) is 0 Å². The first-order valence-electron chi connectivity index (χ1n) is 4.65. The fourth-order valence-corrected chi connectivity index (χ4v) is 1.10. The zero-order valence-electron chi connectivity index (χ0n) is 9.10. The van der Waals surface area contributed by atoms with Crippen molar-refractivity contribution < 1.29 is 9.63 Å². The molecule has 0 aliphatic carbocycles. The zero-order valence-corrected chi connectivity index (χ0v) is 9.10. The van der Waals surface area contributed by atoms with E-state index in [-0.39, 0.29) is 18.9 Å². The molecule has 0 unspecified atom stereocenters. The number of aromatic nitrogens is 2. The summed E-state index contributed by atoms with van der Waals surface area (Å²) in [5.74, 6) is -0.249. The van der Waals surface area contributed by atoms with Crippen LogP contribution in [0.1, 0.15) is 6.42 Å². The number of carbonyl (C=O) groups excluding carboxylic acids is 1. The lowest BCUT2D eigenvalue weighted by Gasteiger charge is -2.13. The Morgan fingerprint density at radius 3 is 2.81 bits per heavy atom. The quantitative estimate of drug-likeness (QED) is 0.665. The highest BCUT2D eigenvalue weighted by Crippen LogP contribution is 1.92. The van der Waals surface area contributed by atoms with Crippen LogP contribution in [-0.4, -0.2) is 34.7 Å². The minimum atomic E-state index is -0.527. The molecule has 1 N–H and O–H groups in total. The summed E-state index contributed by atoms with van der Waals surface area (Å²) in [4.78, 5) is 40.1. The van der Waals surface area contributed by atoms with E-state index in [0.717, 1.165) is 5.06 Å². The lowest BCUT2D eigenvalue weighted by molar-refractivity contribution is -0.168. The zero-order chi connectivity index (χ0) is 12.1. The number of hydrogen-bond acceptors (Lipinski definition) is 4. The van der Waals surface area contributed by atoms with Crippen LogP contribution in [-0.2, 0) is 16.2 Å². The SMILES string of the molecule is CON(C)C(=O)CCn1ccc(=O)[nH]c1=O. The summed E-state index contributed by atoms with van der Waals surface area (Å²) in [6.45, 7) is 0.197. The molecule has 0 atom stereocenters. The predicted molar refractivity (Wildman–Crippen MR) is 55.7 cm³/mol. The van der Waals surface area contributed by atoms with E-state index < -0.39 is 11.2 Å². The molecule has 1 aromatic rings. The van der Waals surface area contributed by atoms with Crippen molar-refractivity contribution in [3.63, 3.8) is 0 Å². The van der Waals surface area contributed by atoms with Crippen molar-refractivity contribution in [1.82, 2.24) is 14.6 Å². The van der Waals surface area contributed by atoms with E-state index in [4.69, 9.17) is 0 Å². The molecule has 88 valence electrons. The van der Waals surface area contributed by atoms with Gasteiger partial charge in [-0.1, -0.05) is 0 Å². The van der Waals surface area contributed by atoms with E-state index in [2.05, 4.69) is 9.82 Å². The third-order valence-electron chi connectivity index (χ3n) is 2.09. The van der Waals surface area contributed by atoms with E-state index in [1.807, 2.05) is 0 Å². The van der Waals surface area contributed by atoms with Crippen molar-refractivity contribution in [3.8, 4) is 0 Å². The van der Waals surface area contributed by atoms with Gasteiger partial charge in [0.1, 0.15) is 0 Å². The van der Waals surface area contributed by atoms with E-state index in [1.165, 1.54) is 31.0 Å². The number of aryl methyl sites for hydroxylation is 1. The Morgan fingerprint density at radius 2 is 2.25 bits per heavy atom. The third kappa shape index (κ3) is 3.06. The number of hydroxylamine groups is 2. The summed E-state index contributed by atoms with van der Waals surface area (Å²) in [7, 11) is 2.86. The van der Waals surface area contributed by atoms with E-state index in [9.17, 15) is 14.4 Å². The molecule has 7 nitrogen and oxygen atoms in total. The maximum absolute atomic E-state index is 11.3. The summed E-state index contributed by atoms with van der Waals surface area (Å²) in [5.41, 5.74) is -0.984. The molecule has 0 aliphatic heterocycles. The van der Waals surface area contributed by atoms with Crippen molar-refractivity contribution in [2.24, 2.45) is 0 Å². The van der Waals surface area contributed by atoms with E-state index >= 15 is 0 Å². The van der Waals surface area contributed by atoms with Crippen molar-refractivity contribution in [3.05, 3.63) is 33.1 Å². The van der Waals surface area contributed by atoms with Crippen molar-refractivity contribution >= 4 is 5.91 Å². The fourth-order valence-electron chi connectivity index (χ4n) is 1.10. The third-order valence-corrected chi connectivity index (χ3v) is 2.09. The molecule has 1 heterocycles. The van der Waals surface area contributed by atoms with Gasteiger partial charge in [-0.3, -0.25) is 19.4 Å². The van der Waals surface area contributed by atoms with Gasteiger partial charge in [0.2, 0.25) is 5.91 Å². The predicted octanol–water partition coefficient (Wildman–Crippen LogP) is -1.05. The number of nitrogens with one attached hydrogen (secondary N) is 1. The van der Waals surface area contributed by atoms with Crippen LogP contribution in [0.25, 0.3) is 0 Å². The normalized spacial score (nSPS) is 10.1. The van der Waals surface area contributed by atoms with Gasteiger partial charge in [-0.25, -0.2) is 9.86 Å². The number of amides is 1. The van der Waals surface area contributed by atoms with Crippen molar-refractivity contribution in [2.75, 3.05) is 14.2 Å². The topological polar surface area (TPSA) is 84.4 Å². The minimum absolute atomic E-state index is 0.121. The highest BCUT2D eigenvalue weighted by Gasteiger charge is 2.08. The number of carbonyl (C=O) groups is 1. The summed E-state index contributed by atoms with van der Waals surface area (Å²) in [6.07, 6.45) is 1.47. The number of nitrogens with zero attached hydrogens (tertiary/aromatic N) is 2. The Balaban J connectivity index is 2.65. The lowest BCUT2D eigenvalue weighted by atomic mass is 10.4. The van der Waals surface area contributed by atoms with Gasteiger partial charge < -0.3 is 4.57 Å². The fraction of sp³-hybridized carbons (Fsp3) is 0.444. The average Bonchev–Trinajstić information content (AvgIpc) is 2.26. The molecular formula is C9H13N3O4. The Hall–Kier alpha value is -1.89. The number of H-pyrrole nitrogens is 1. The molecule has 0 fully saturated rings. The molecule has 0 spiro atoms. The standard InChI is InChI=1S/C9H13N3O4/c1-11(16-2)8(14)4-6-12-5-3-7(13)10-9(12)15/h3,5H,4,6H2,1-2H3,(H,10,13,15). The van der Waals surface area contributed by atoms with Gasteiger partial charge in [0, 0.05) is 32.3 Å². The monoisotopic (exact) mass is 227 g/mol. The van der Waals surface area contributed by atoms with Crippen LogP contribution in [0.5, 0.6) is 0 Å². The van der Waals surface area contributed by atoms with Crippen LogP contribution in [0, 0.1) is 0 Å². The second-order valence-corrected chi connectivity index (χ2v) is 3.13. The number of rotatable bonds is 4. The van der Waals surface area contributed by atoms with Gasteiger partial charge in [-0.05, 0) is 0 Å². The maximum Gasteiger partial charge on any atom is 0.328 e. The second kappa shape index (κ2) is 5.26. The Kier molecular flexibility index (Phi) is 4.01. The highest BCUT2D eigenvalue weighted by atomic mass is 16.7. The van der Waals surface area contributed by atoms with Gasteiger partial charge >= 0.3 is 5.69 Å². The van der Waals surface area contributed by atoms with Gasteiger partial charge in [-0.2, -0.15) is 0 Å². The highest BCUT2D eigenvalue weighted by molar-refractivity contribution is 5.74. The van der Waals surface area contributed by atoms with Crippen LogP contribution in [0.3, 0.4) is 0 Å². The molecule has 0 aromatic carbocycles. The Morgan fingerprint density at radius 1 is 1.56 bits per heavy atom. The van der Waals surface area contributed by atoms with E-state index in [0.29, 0.717) is 0 Å². The van der Waals surface area contributed by atoms with Crippen LogP contribution < -0.4 is 11.2 Å². The summed E-state index contributed by atoms with van der Waals surface area (Å²) in [6, 6.07) is 1.23. The molecular weight excluding hydrogens is 214 g/mol. The average molecular weight is 227 g/mol. The van der Waals surface area contributed by atoms with E-state index in [1.54, 1.807) is 0 Å². The lowest BCUT2D eigenvalue weighted by Crippen LogP contribution is -2.31. The molecule has 1 aromatic heterocycles. The van der Waals surface area contributed by atoms with Gasteiger partial charge in [0.25, 0.3) is 5.56 Å². The second-order valence-electron chi connectivity index (χ2n) is 3.13. The van der Waals surface area contributed by atoms with Crippen molar-refractivity contribution in [2.45, 2.75) is 13.0 Å². The van der Waals surface area contributed by atoms with Crippen molar-refractivity contribution in [1.29, 1.82) is 0 Å². The molecule has 0 radical (unpaired) electrons. The molecule has 1 amide bonds. The Bertz CT molecular complexity index is 476. The molecule has 0 saturated heterocycles. The first-order valence-corrected chi connectivity index (χ1v) is 4.65. The first kappa shape index (κ1) is 12.2. The van der Waals surface area contributed by atoms with Crippen LogP contribution in [0.15, 0.2) is 21.9 Å². The molecule has 0 aliphatic rings. The summed E-state index contributed by atoms with van der Waals surface area (Å²) in [5, 5.41) is 1.08. The molecule has 0 bridgehead atoms. The minimum Gasteiger partial charge on any atom is -0.300 e.